The summed E-state index contributed by atoms with van der Waals surface area (Å²) in [5, 5.41) is 0. The maximum atomic E-state index is 12.9. The molecule has 4 aliphatic rings. The molecule has 4 saturated carbocycles. The molecule has 2 unspecified atom stereocenters. The van der Waals surface area contributed by atoms with E-state index in [-0.39, 0.29) is 67.2 Å². The number of ketones is 1. The van der Waals surface area contributed by atoms with E-state index in [1.165, 1.54) is 6.92 Å². The first-order valence-corrected chi connectivity index (χ1v) is 21.8. The predicted molar refractivity (Wildman–Crippen MR) is 216 cm³/mol. The van der Waals surface area contributed by atoms with Crippen molar-refractivity contribution >= 4 is 35.8 Å². The van der Waals surface area contributed by atoms with Crippen LogP contribution in [0.4, 0.5) is 4.79 Å². The van der Waals surface area contributed by atoms with Gasteiger partial charge in [-0.05, 0) is 117 Å². The standard InChI is InChI=1S/C46H70O12/c1-9-11-13-15-39(48)53-28-35(29-54-40(49)16-14-12-10-2)57-42(51)26-30(3)25-41(50)55-32(5)56-43(52)58-34-20-23-44(6)33(27-34)19-22-46(8)37-18-17-36(31(4)47)45(37,7)24-21-38(44)46/h11-14,30,32-38H,9-10,15-29H2,1-8H3/b13-11-,14-12-/t30?,32?,33-,34+,36+,37+,38+,44-,45+,46-/m0/s1. The van der Waals surface area contributed by atoms with E-state index in [1.807, 2.05) is 26.0 Å². The van der Waals surface area contributed by atoms with Crippen LogP contribution in [0.2, 0.25) is 0 Å². The average molecular weight is 815 g/mol. The highest BCUT2D eigenvalue weighted by molar-refractivity contribution is 5.79. The Labute approximate surface area is 345 Å². The Morgan fingerprint density at radius 3 is 1.78 bits per heavy atom. The maximum Gasteiger partial charge on any atom is 0.511 e. The summed E-state index contributed by atoms with van der Waals surface area (Å²) in [6.07, 6.45) is 14.1. The van der Waals surface area contributed by atoms with Gasteiger partial charge in [0.05, 0.1) is 12.8 Å². The fourth-order valence-corrected chi connectivity index (χ4v) is 11.4. The Kier molecular flexibility index (Phi) is 17.0. The van der Waals surface area contributed by atoms with Gasteiger partial charge in [-0.2, -0.15) is 0 Å². The summed E-state index contributed by atoms with van der Waals surface area (Å²) >= 11 is 0. The summed E-state index contributed by atoms with van der Waals surface area (Å²) in [6.45, 7) is 15.5. The molecule has 0 radical (unpaired) electrons. The van der Waals surface area contributed by atoms with Crippen molar-refractivity contribution < 1.29 is 57.2 Å². The van der Waals surface area contributed by atoms with Crippen LogP contribution >= 0.6 is 0 Å². The number of carbonyl (C=O) groups is 6. The minimum Gasteiger partial charge on any atom is -0.461 e. The molecule has 0 aromatic carbocycles. The van der Waals surface area contributed by atoms with E-state index in [0.717, 1.165) is 70.6 Å². The number of rotatable bonds is 19. The summed E-state index contributed by atoms with van der Waals surface area (Å²) in [6, 6.07) is 0. The van der Waals surface area contributed by atoms with E-state index >= 15 is 0 Å². The molecule has 12 heteroatoms. The van der Waals surface area contributed by atoms with E-state index < -0.39 is 48.3 Å². The molecule has 0 saturated heterocycles. The van der Waals surface area contributed by atoms with Gasteiger partial charge in [-0.1, -0.05) is 65.8 Å². The fraction of sp³-hybridized carbons (Fsp3) is 0.783. The number of hydrogen-bond acceptors (Lipinski definition) is 12. The molecule has 0 amide bonds. The predicted octanol–water partition coefficient (Wildman–Crippen LogP) is 9.16. The van der Waals surface area contributed by atoms with Gasteiger partial charge in [-0.3, -0.25) is 24.0 Å². The highest BCUT2D eigenvalue weighted by Crippen LogP contribution is 2.72. The minimum absolute atomic E-state index is 0.0568. The zero-order valence-corrected chi connectivity index (χ0v) is 36.3. The number of allylic oxidation sites excluding steroid dienone is 2. The molecule has 0 N–H and O–H groups in total. The number of esters is 4. The van der Waals surface area contributed by atoms with E-state index in [4.69, 9.17) is 28.4 Å². The Morgan fingerprint density at radius 2 is 1.19 bits per heavy atom. The average Bonchev–Trinajstić information content (AvgIpc) is 3.51. The van der Waals surface area contributed by atoms with Crippen LogP contribution in [0.3, 0.4) is 0 Å². The van der Waals surface area contributed by atoms with Gasteiger partial charge in [0.25, 0.3) is 0 Å². The van der Waals surface area contributed by atoms with Gasteiger partial charge < -0.3 is 28.4 Å². The van der Waals surface area contributed by atoms with E-state index in [9.17, 15) is 28.8 Å². The highest BCUT2D eigenvalue weighted by Gasteiger charge is 2.65. The van der Waals surface area contributed by atoms with Gasteiger partial charge in [0.1, 0.15) is 25.1 Å². The second-order valence-corrected chi connectivity index (χ2v) is 18.2. The molecule has 0 heterocycles. The van der Waals surface area contributed by atoms with Crippen LogP contribution in [0.25, 0.3) is 0 Å². The van der Waals surface area contributed by atoms with Gasteiger partial charge in [0, 0.05) is 25.7 Å². The third-order valence-corrected chi connectivity index (χ3v) is 14.1. The highest BCUT2D eigenvalue weighted by atomic mass is 16.8. The Balaban J connectivity index is 1.20. The molecule has 326 valence electrons. The molecule has 0 aromatic heterocycles. The van der Waals surface area contributed by atoms with Crippen LogP contribution < -0.4 is 0 Å². The molecule has 12 nitrogen and oxygen atoms in total. The SMILES string of the molecule is CC/C=C\CC(=O)OCC(COC(=O)C/C=C\CC)OC(=O)CC(C)CC(=O)OC(C)OC(=O)O[C@@H]1CC[C@@]2(C)[C@@H](CC[C@]3(C)[C@@H]2CC[C@@]2(C)[C@H]3CC[C@@H]2C(C)=O)C1. The van der Waals surface area contributed by atoms with Crippen molar-refractivity contribution in [1.82, 2.24) is 0 Å². The van der Waals surface area contributed by atoms with Crippen LogP contribution in [0.1, 0.15) is 152 Å². The smallest absolute Gasteiger partial charge is 0.461 e. The molecule has 10 atom stereocenters. The van der Waals surface area contributed by atoms with Crippen molar-refractivity contribution in [3.05, 3.63) is 24.3 Å². The normalized spacial score (nSPS) is 31.4. The van der Waals surface area contributed by atoms with Gasteiger partial charge in [-0.25, -0.2) is 4.79 Å². The van der Waals surface area contributed by atoms with Crippen LogP contribution in [0, 0.1) is 45.8 Å². The summed E-state index contributed by atoms with van der Waals surface area (Å²) < 4.78 is 32.4. The lowest BCUT2D eigenvalue weighted by atomic mass is 9.39. The lowest BCUT2D eigenvalue weighted by Crippen LogP contribution is -2.59. The quantitative estimate of drug-likeness (QED) is 0.0528. The Bertz CT molecular complexity index is 1490. The lowest BCUT2D eigenvalue weighted by Gasteiger charge is -2.65. The topological polar surface area (TPSA) is 158 Å². The first kappa shape index (κ1) is 47.0. The van der Waals surface area contributed by atoms with Gasteiger partial charge in [0.2, 0.25) is 6.29 Å². The van der Waals surface area contributed by atoms with Crippen molar-refractivity contribution in [2.75, 3.05) is 13.2 Å². The summed E-state index contributed by atoms with van der Waals surface area (Å²) in [5.41, 5.74) is 0.447. The molecule has 0 aliphatic heterocycles. The Morgan fingerprint density at radius 1 is 0.638 bits per heavy atom. The zero-order chi connectivity index (χ0) is 42.7. The van der Waals surface area contributed by atoms with Crippen LogP contribution in [-0.4, -0.2) is 67.5 Å². The molecule has 0 spiro atoms. The molecule has 4 fully saturated rings. The molecule has 4 rings (SSSR count). The largest absolute Gasteiger partial charge is 0.511 e. The van der Waals surface area contributed by atoms with Gasteiger partial charge >= 0.3 is 30.0 Å². The van der Waals surface area contributed by atoms with Crippen LogP contribution in [0.5, 0.6) is 0 Å². The third-order valence-electron chi connectivity index (χ3n) is 14.1. The van der Waals surface area contributed by atoms with Crippen molar-refractivity contribution in [2.24, 2.45) is 45.8 Å². The zero-order valence-electron chi connectivity index (χ0n) is 36.3. The van der Waals surface area contributed by atoms with Crippen molar-refractivity contribution in [1.29, 1.82) is 0 Å². The summed E-state index contributed by atoms with van der Waals surface area (Å²) in [4.78, 5) is 75.3. The van der Waals surface area contributed by atoms with Crippen LogP contribution in [0.15, 0.2) is 24.3 Å². The van der Waals surface area contributed by atoms with Gasteiger partial charge in [0.15, 0.2) is 6.10 Å². The number of hydrogen-bond donors (Lipinski definition) is 0. The van der Waals surface area contributed by atoms with Crippen LogP contribution in [-0.2, 0) is 52.4 Å². The Hall–Kier alpha value is -3.70. The number of fused-ring (bicyclic) bond motifs is 5. The van der Waals surface area contributed by atoms with E-state index in [0.29, 0.717) is 23.5 Å². The maximum absolute atomic E-state index is 12.9. The van der Waals surface area contributed by atoms with E-state index in [1.54, 1.807) is 26.0 Å². The van der Waals surface area contributed by atoms with Gasteiger partial charge in [-0.15, -0.1) is 0 Å². The fourth-order valence-electron chi connectivity index (χ4n) is 11.4. The minimum atomic E-state index is -1.20. The molecule has 58 heavy (non-hydrogen) atoms. The number of carbonyl (C=O) groups excluding carboxylic acids is 6. The summed E-state index contributed by atoms with van der Waals surface area (Å²) in [7, 11) is 0. The van der Waals surface area contributed by atoms with Crippen molar-refractivity contribution in [3.63, 3.8) is 0 Å². The van der Waals surface area contributed by atoms with Crippen molar-refractivity contribution in [3.8, 4) is 0 Å². The lowest BCUT2D eigenvalue weighted by molar-refractivity contribution is -0.182. The molecule has 0 bridgehead atoms. The molecule has 0 aromatic rings. The summed E-state index contributed by atoms with van der Waals surface area (Å²) in [5.74, 6) is -0.782. The van der Waals surface area contributed by atoms with Crippen molar-refractivity contribution in [2.45, 2.75) is 170 Å². The second kappa shape index (κ2) is 21.0. The number of ether oxygens (including phenoxy) is 6. The first-order chi connectivity index (χ1) is 27.4. The second-order valence-electron chi connectivity index (χ2n) is 18.2. The third kappa shape index (κ3) is 12.0. The first-order valence-electron chi connectivity index (χ1n) is 21.8. The monoisotopic (exact) mass is 814 g/mol. The molecular weight excluding hydrogens is 744 g/mol. The molecular formula is C46H70O12. The van der Waals surface area contributed by atoms with E-state index in [2.05, 4.69) is 20.8 Å². The number of Topliss-reactive ketones (excluding diaryl/α,β-unsaturated/α-hetero) is 1. The molecule has 4 aliphatic carbocycles.